The van der Waals surface area contributed by atoms with E-state index in [4.69, 9.17) is 9.47 Å². The molecule has 1 rings (SSSR count). The Morgan fingerprint density at radius 2 is 2.06 bits per heavy atom. The molecule has 0 aliphatic heterocycles. The smallest absolute Gasteiger partial charge is 0.320 e. The van der Waals surface area contributed by atoms with Gasteiger partial charge in [0, 0.05) is 0 Å². The molecule has 0 spiro atoms. The molecule has 1 unspecified atom stereocenters. The molecule has 0 amide bonds. The van der Waals surface area contributed by atoms with Crippen LogP contribution in [0.5, 0.6) is 5.75 Å². The number of halogens is 1. The lowest BCUT2D eigenvalue weighted by Crippen LogP contribution is -2.22. The lowest BCUT2D eigenvalue weighted by Gasteiger charge is -2.14. The van der Waals surface area contributed by atoms with Crippen LogP contribution in [0.1, 0.15) is 25.3 Å². The number of esters is 1. The molecule has 0 fully saturated rings. The number of carbonyl (C=O) groups is 2. The molecular weight excluding hydrogens is 239 g/mol. The Labute approximate surface area is 105 Å². The predicted molar refractivity (Wildman–Crippen MR) is 63.0 cm³/mol. The second-order valence-electron chi connectivity index (χ2n) is 3.69. The van der Waals surface area contributed by atoms with Crippen LogP contribution in [0, 0.1) is 5.82 Å². The Morgan fingerprint density at radius 1 is 1.39 bits per heavy atom. The fourth-order valence-corrected chi connectivity index (χ4v) is 1.62. The van der Waals surface area contributed by atoms with E-state index >= 15 is 0 Å². The van der Waals surface area contributed by atoms with Crippen molar-refractivity contribution in [2.45, 2.75) is 19.8 Å². The normalized spacial score (nSPS) is 11.8. The first-order valence-electron chi connectivity index (χ1n) is 5.51. The summed E-state index contributed by atoms with van der Waals surface area (Å²) in [7, 11) is 1.31. The molecule has 5 heteroatoms. The number of carbonyl (C=O) groups excluding carboxylic acids is 2. The SMILES string of the molecule is CCOC(=O)C(C(C)=O)c1ccc(F)c(OC)c1. The van der Waals surface area contributed by atoms with Crippen LogP contribution < -0.4 is 4.74 Å². The molecule has 1 aromatic rings. The van der Waals surface area contributed by atoms with Gasteiger partial charge in [-0.1, -0.05) is 6.07 Å². The van der Waals surface area contributed by atoms with Crippen LogP contribution in [0.4, 0.5) is 4.39 Å². The van der Waals surface area contributed by atoms with E-state index in [1.165, 1.54) is 26.2 Å². The van der Waals surface area contributed by atoms with Crippen molar-refractivity contribution in [3.63, 3.8) is 0 Å². The van der Waals surface area contributed by atoms with Crippen LogP contribution >= 0.6 is 0 Å². The van der Waals surface area contributed by atoms with Gasteiger partial charge in [0.05, 0.1) is 13.7 Å². The third kappa shape index (κ3) is 3.06. The lowest BCUT2D eigenvalue weighted by atomic mass is 9.95. The topological polar surface area (TPSA) is 52.6 Å². The summed E-state index contributed by atoms with van der Waals surface area (Å²) in [4.78, 5) is 23.2. The van der Waals surface area contributed by atoms with Crippen LogP contribution in [0.15, 0.2) is 18.2 Å². The first-order valence-corrected chi connectivity index (χ1v) is 5.51. The largest absolute Gasteiger partial charge is 0.494 e. The molecule has 4 nitrogen and oxygen atoms in total. The zero-order valence-electron chi connectivity index (χ0n) is 10.5. The number of methoxy groups -OCH3 is 1. The van der Waals surface area contributed by atoms with Gasteiger partial charge in [-0.05, 0) is 31.5 Å². The van der Waals surface area contributed by atoms with Gasteiger partial charge in [0.15, 0.2) is 11.6 Å². The summed E-state index contributed by atoms with van der Waals surface area (Å²) < 4.78 is 22.9. The molecule has 1 aromatic carbocycles. The fourth-order valence-electron chi connectivity index (χ4n) is 1.62. The van der Waals surface area contributed by atoms with Gasteiger partial charge in [0.2, 0.25) is 0 Å². The van der Waals surface area contributed by atoms with E-state index in [2.05, 4.69) is 0 Å². The minimum atomic E-state index is -1.04. The predicted octanol–water partition coefficient (Wildman–Crippen LogP) is 2.07. The summed E-state index contributed by atoms with van der Waals surface area (Å²) in [5.74, 6) is -2.60. The summed E-state index contributed by atoms with van der Waals surface area (Å²) in [5.41, 5.74) is 0.360. The molecule has 0 aliphatic rings. The van der Waals surface area contributed by atoms with E-state index in [1.54, 1.807) is 6.92 Å². The third-order valence-electron chi connectivity index (χ3n) is 2.44. The van der Waals surface area contributed by atoms with E-state index in [0.717, 1.165) is 6.07 Å². The van der Waals surface area contributed by atoms with E-state index < -0.39 is 17.7 Å². The summed E-state index contributed by atoms with van der Waals surface area (Å²) in [5, 5.41) is 0. The summed E-state index contributed by atoms with van der Waals surface area (Å²) in [6.07, 6.45) is 0. The second-order valence-corrected chi connectivity index (χ2v) is 3.69. The molecule has 18 heavy (non-hydrogen) atoms. The van der Waals surface area contributed by atoms with Crippen molar-refractivity contribution in [1.29, 1.82) is 0 Å². The summed E-state index contributed by atoms with van der Waals surface area (Å²) >= 11 is 0. The quantitative estimate of drug-likeness (QED) is 0.596. The highest BCUT2D eigenvalue weighted by Gasteiger charge is 2.27. The Balaban J connectivity index is 3.14. The van der Waals surface area contributed by atoms with Crippen molar-refractivity contribution in [2.75, 3.05) is 13.7 Å². The Hall–Kier alpha value is -1.91. The van der Waals surface area contributed by atoms with Gasteiger partial charge in [-0.15, -0.1) is 0 Å². The molecule has 0 saturated heterocycles. The Bertz CT molecular complexity index is 456. The van der Waals surface area contributed by atoms with Gasteiger partial charge in [-0.25, -0.2) is 4.39 Å². The van der Waals surface area contributed by atoms with Crippen molar-refractivity contribution in [1.82, 2.24) is 0 Å². The van der Waals surface area contributed by atoms with Gasteiger partial charge in [0.25, 0.3) is 0 Å². The van der Waals surface area contributed by atoms with E-state index in [1.807, 2.05) is 0 Å². The number of ketones is 1. The highest BCUT2D eigenvalue weighted by Crippen LogP contribution is 2.25. The zero-order chi connectivity index (χ0) is 13.7. The van der Waals surface area contributed by atoms with Crippen molar-refractivity contribution in [3.8, 4) is 5.75 Å². The van der Waals surface area contributed by atoms with E-state index in [0.29, 0.717) is 5.56 Å². The number of benzene rings is 1. The molecular formula is C13H15FO4. The molecule has 0 aliphatic carbocycles. The van der Waals surface area contributed by atoms with E-state index in [9.17, 15) is 14.0 Å². The van der Waals surface area contributed by atoms with Crippen molar-refractivity contribution in [3.05, 3.63) is 29.6 Å². The van der Waals surface area contributed by atoms with Gasteiger partial charge >= 0.3 is 5.97 Å². The summed E-state index contributed by atoms with van der Waals surface area (Å²) in [6, 6.07) is 3.86. The van der Waals surface area contributed by atoms with Crippen LogP contribution in [0.25, 0.3) is 0 Å². The molecule has 1 atom stereocenters. The first kappa shape index (κ1) is 14.2. The number of hydrogen-bond acceptors (Lipinski definition) is 4. The van der Waals surface area contributed by atoms with Crippen molar-refractivity contribution >= 4 is 11.8 Å². The Kier molecular flexibility index (Phi) is 4.83. The first-order chi connectivity index (χ1) is 8.51. The van der Waals surface area contributed by atoms with E-state index in [-0.39, 0.29) is 18.1 Å². The minimum absolute atomic E-state index is 0.0111. The van der Waals surface area contributed by atoms with Crippen LogP contribution in [0.3, 0.4) is 0 Å². The highest BCUT2D eigenvalue weighted by atomic mass is 19.1. The lowest BCUT2D eigenvalue weighted by molar-refractivity contribution is -0.147. The maximum Gasteiger partial charge on any atom is 0.320 e. The standard InChI is InChI=1S/C13H15FO4/c1-4-18-13(16)12(8(2)15)9-5-6-10(14)11(7-9)17-3/h5-7,12H,4H2,1-3H3. The van der Waals surface area contributed by atoms with Crippen molar-refractivity contribution in [2.24, 2.45) is 0 Å². The van der Waals surface area contributed by atoms with Gasteiger partial charge in [0.1, 0.15) is 11.7 Å². The minimum Gasteiger partial charge on any atom is -0.494 e. The zero-order valence-corrected chi connectivity index (χ0v) is 10.5. The fraction of sp³-hybridized carbons (Fsp3) is 0.385. The van der Waals surface area contributed by atoms with Crippen LogP contribution in [-0.2, 0) is 14.3 Å². The molecule has 0 saturated carbocycles. The number of Topliss-reactive ketones (excluding diaryl/α,β-unsaturated/α-hetero) is 1. The van der Waals surface area contributed by atoms with Gasteiger partial charge in [-0.3, -0.25) is 9.59 Å². The molecule has 0 heterocycles. The van der Waals surface area contributed by atoms with Crippen molar-refractivity contribution < 1.29 is 23.5 Å². The van der Waals surface area contributed by atoms with Gasteiger partial charge < -0.3 is 9.47 Å². The average molecular weight is 254 g/mol. The number of ether oxygens (including phenoxy) is 2. The molecule has 0 aromatic heterocycles. The maximum absolute atomic E-state index is 13.3. The molecule has 98 valence electrons. The Morgan fingerprint density at radius 3 is 2.56 bits per heavy atom. The monoisotopic (exact) mass is 254 g/mol. The third-order valence-corrected chi connectivity index (χ3v) is 2.44. The average Bonchev–Trinajstić information content (AvgIpc) is 2.31. The number of hydrogen-bond donors (Lipinski definition) is 0. The molecule has 0 bridgehead atoms. The van der Waals surface area contributed by atoms with Crippen LogP contribution in [-0.4, -0.2) is 25.5 Å². The maximum atomic E-state index is 13.3. The van der Waals surface area contributed by atoms with Crippen LogP contribution in [0.2, 0.25) is 0 Å². The second kappa shape index (κ2) is 6.14. The highest BCUT2D eigenvalue weighted by molar-refractivity contribution is 6.03. The molecule has 0 N–H and O–H groups in total. The summed E-state index contributed by atoms with van der Waals surface area (Å²) in [6.45, 7) is 3.12. The molecule has 0 radical (unpaired) electrons. The van der Waals surface area contributed by atoms with Gasteiger partial charge in [-0.2, -0.15) is 0 Å². The number of rotatable bonds is 5.